The molecule has 0 fully saturated rings. The van der Waals surface area contributed by atoms with E-state index in [1.165, 1.54) is 0 Å². The van der Waals surface area contributed by atoms with Crippen molar-refractivity contribution >= 4 is 11.6 Å². The molecular formula is C13H20ClNO. The smallest absolute Gasteiger partial charge is 0.115 e. The van der Waals surface area contributed by atoms with Crippen LogP contribution in [0.25, 0.3) is 0 Å². The first-order valence-corrected chi connectivity index (χ1v) is 6.28. The van der Waals surface area contributed by atoms with Crippen molar-refractivity contribution in [2.75, 3.05) is 5.88 Å². The van der Waals surface area contributed by atoms with Crippen LogP contribution in [0.2, 0.25) is 0 Å². The van der Waals surface area contributed by atoms with Crippen LogP contribution in [-0.4, -0.2) is 16.5 Å². The molecule has 0 aliphatic rings. The zero-order valence-electron chi connectivity index (χ0n) is 9.96. The lowest BCUT2D eigenvalue weighted by molar-refractivity contribution is 0.334. The van der Waals surface area contributed by atoms with Gasteiger partial charge in [-0.15, -0.1) is 11.6 Å². The first-order valence-electron chi connectivity index (χ1n) is 5.74. The fourth-order valence-corrected chi connectivity index (χ4v) is 2.11. The predicted octanol–water partition coefficient (Wildman–Crippen LogP) is 3.28. The van der Waals surface area contributed by atoms with Crippen molar-refractivity contribution in [3.05, 3.63) is 29.8 Å². The van der Waals surface area contributed by atoms with Crippen molar-refractivity contribution in [1.29, 1.82) is 0 Å². The number of phenols is 1. The molecule has 0 saturated carbocycles. The average molecular weight is 242 g/mol. The number of nitrogens with one attached hydrogen (secondary N) is 1. The molecule has 0 saturated heterocycles. The van der Waals surface area contributed by atoms with E-state index in [1.54, 1.807) is 12.1 Å². The number of phenolic OH excluding ortho intramolecular Hbond substituents is 1. The van der Waals surface area contributed by atoms with Gasteiger partial charge in [-0.05, 0) is 30.5 Å². The summed E-state index contributed by atoms with van der Waals surface area (Å²) in [6.07, 6.45) is 2.04. The second-order valence-electron chi connectivity index (χ2n) is 4.14. The molecular weight excluding hydrogens is 222 g/mol. The molecule has 0 aliphatic carbocycles. The summed E-state index contributed by atoms with van der Waals surface area (Å²) in [5.74, 6) is 0.927. The van der Waals surface area contributed by atoms with Crippen LogP contribution in [0, 0.1) is 0 Å². The van der Waals surface area contributed by atoms with E-state index in [0.717, 1.165) is 24.9 Å². The molecule has 0 aliphatic heterocycles. The highest BCUT2D eigenvalue weighted by Gasteiger charge is 2.23. The minimum absolute atomic E-state index is 0.0272. The Morgan fingerprint density at radius 3 is 2.19 bits per heavy atom. The first kappa shape index (κ1) is 13.3. The van der Waals surface area contributed by atoms with E-state index in [9.17, 15) is 5.11 Å². The van der Waals surface area contributed by atoms with Crippen molar-refractivity contribution in [2.45, 2.75) is 38.8 Å². The third-order valence-corrected chi connectivity index (χ3v) is 3.72. The number of alkyl halides is 1. The minimum Gasteiger partial charge on any atom is -0.508 e. The van der Waals surface area contributed by atoms with Gasteiger partial charge in [0.2, 0.25) is 0 Å². The Labute approximate surface area is 103 Å². The molecule has 16 heavy (non-hydrogen) atoms. The number of benzene rings is 1. The van der Waals surface area contributed by atoms with Gasteiger partial charge in [-0.3, -0.25) is 0 Å². The molecule has 0 unspecified atom stereocenters. The van der Waals surface area contributed by atoms with Crippen LogP contribution in [0.5, 0.6) is 5.75 Å². The molecule has 2 nitrogen and oxygen atoms in total. The van der Waals surface area contributed by atoms with Crippen molar-refractivity contribution in [3.8, 4) is 5.75 Å². The fourth-order valence-electron chi connectivity index (χ4n) is 1.64. The van der Waals surface area contributed by atoms with Gasteiger partial charge < -0.3 is 10.4 Å². The van der Waals surface area contributed by atoms with Crippen LogP contribution in [0.3, 0.4) is 0 Å². The van der Waals surface area contributed by atoms with Crippen molar-refractivity contribution in [3.63, 3.8) is 0 Å². The molecule has 0 aromatic heterocycles. The van der Waals surface area contributed by atoms with E-state index < -0.39 is 0 Å². The lowest BCUT2D eigenvalue weighted by Crippen LogP contribution is -2.45. The van der Waals surface area contributed by atoms with Crippen LogP contribution in [0.4, 0.5) is 0 Å². The molecule has 2 N–H and O–H groups in total. The number of hydrogen-bond acceptors (Lipinski definition) is 2. The molecule has 90 valence electrons. The highest BCUT2D eigenvalue weighted by Crippen LogP contribution is 2.18. The van der Waals surface area contributed by atoms with Crippen molar-refractivity contribution < 1.29 is 5.11 Å². The van der Waals surface area contributed by atoms with Gasteiger partial charge in [0.15, 0.2) is 0 Å². The Hall–Kier alpha value is -0.730. The van der Waals surface area contributed by atoms with E-state index >= 15 is 0 Å². The van der Waals surface area contributed by atoms with Crippen LogP contribution in [0.15, 0.2) is 24.3 Å². The molecule has 1 rings (SSSR count). The second-order valence-corrected chi connectivity index (χ2v) is 4.41. The summed E-state index contributed by atoms with van der Waals surface area (Å²) < 4.78 is 0. The SMILES string of the molecule is CCC(CC)(CCl)NCc1ccc(O)cc1. The Morgan fingerprint density at radius 1 is 1.19 bits per heavy atom. The van der Waals surface area contributed by atoms with Gasteiger partial charge in [0.1, 0.15) is 5.75 Å². The molecule has 0 atom stereocenters. The summed E-state index contributed by atoms with van der Waals surface area (Å²) in [5, 5.41) is 12.7. The zero-order valence-corrected chi connectivity index (χ0v) is 10.7. The molecule has 0 radical (unpaired) electrons. The molecule has 0 bridgehead atoms. The highest BCUT2D eigenvalue weighted by atomic mass is 35.5. The summed E-state index contributed by atoms with van der Waals surface area (Å²) in [6, 6.07) is 7.26. The normalized spacial score (nSPS) is 11.7. The van der Waals surface area contributed by atoms with Crippen molar-refractivity contribution in [2.24, 2.45) is 0 Å². The van der Waals surface area contributed by atoms with Gasteiger partial charge in [-0.2, -0.15) is 0 Å². The third-order valence-electron chi connectivity index (χ3n) is 3.21. The van der Waals surface area contributed by atoms with E-state index in [2.05, 4.69) is 19.2 Å². The highest BCUT2D eigenvalue weighted by molar-refractivity contribution is 6.18. The van der Waals surface area contributed by atoms with Crippen LogP contribution in [-0.2, 0) is 6.54 Å². The maximum Gasteiger partial charge on any atom is 0.115 e. The van der Waals surface area contributed by atoms with E-state index in [1.807, 2.05) is 12.1 Å². The first-order chi connectivity index (χ1) is 7.65. The van der Waals surface area contributed by atoms with Gasteiger partial charge in [0, 0.05) is 18.0 Å². The summed E-state index contributed by atoms with van der Waals surface area (Å²) in [7, 11) is 0. The van der Waals surface area contributed by atoms with Gasteiger partial charge in [-0.25, -0.2) is 0 Å². The summed E-state index contributed by atoms with van der Waals surface area (Å²) in [5.41, 5.74) is 1.19. The molecule has 0 spiro atoms. The predicted molar refractivity (Wildman–Crippen MR) is 69.0 cm³/mol. The number of rotatable bonds is 6. The number of aromatic hydroxyl groups is 1. The molecule has 1 aromatic carbocycles. The Bertz CT molecular complexity index is 298. The van der Waals surface area contributed by atoms with E-state index in [0.29, 0.717) is 11.6 Å². The Kier molecular flexibility index (Phi) is 5.10. The van der Waals surface area contributed by atoms with Crippen molar-refractivity contribution in [1.82, 2.24) is 5.32 Å². The van der Waals surface area contributed by atoms with E-state index in [-0.39, 0.29) is 5.54 Å². The minimum atomic E-state index is 0.0272. The van der Waals surface area contributed by atoms with Crippen LogP contribution < -0.4 is 5.32 Å². The topological polar surface area (TPSA) is 32.3 Å². The van der Waals surface area contributed by atoms with Crippen LogP contribution >= 0.6 is 11.6 Å². The summed E-state index contributed by atoms with van der Waals surface area (Å²) in [6.45, 7) is 5.08. The third kappa shape index (κ3) is 3.39. The Balaban J connectivity index is 2.58. The maximum absolute atomic E-state index is 9.18. The Morgan fingerprint density at radius 2 is 1.75 bits per heavy atom. The lowest BCUT2D eigenvalue weighted by atomic mass is 9.95. The standard InChI is InChI=1S/C13H20ClNO/c1-3-13(4-2,10-14)15-9-11-5-7-12(16)8-6-11/h5-8,15-16H,3-4,9-10H2,1-2H3. The summed E-state index contributed by atoms with van der Waals surface area (Å²) in [4.78, 5) is 0. The van der Waals surface area contributed by atoms with Gasteiger partial charge in [0.05, 0.1) is 0 Å². The van der Waals surface area contributed by atoms with E-state index in [4.69, 9.17) is 11.6 Å². The molecule has 3 heteroatoms. The lowest BCUT2D eigenvalue weighted by Gasteiger charge is -2.31. The molecule has 0 amide bonds. The van der Waals surface area contributed by atoms with Gasteiger partial charge in [-0.1, -0.05) is 26.0 Å². The quantitative estimate of drug-likeness (QED) is 0.750. The molecule has 0 heterocycles. The maximum atomic E-state index is 9.18. The molecule has 1 aromatic rings. The van der Waals surface area contributed by atoms with Gasteiger partial charge >= 0.3 is 0 Å². The second kappa shape index (κ2) is 6.12. The fraction of sp³-hybridized carbons (Fsp3) is 0.538. The van der Waals surface area contributed by atoms with Crippen LogP contribution in [0.1, 0.15) is 32.3 Å². The van der Waals surface area contributed by atoms with Gasteiger partial charge in [0.25, 0.3) is 0 Å². The monoisotopic (exact) mass is 241 g/mol. The summed E-state index contributed by atoms with van der Waals surface area (Å²) >= 11 is 6.01. The number of hydrogen-bond donors (Lipinski definition) is 2. The average Bonchev–Trinajstić information content (AvgIpc) is 2.34. The number of halogens is 1. The largest absolute Gasteiger partial charge is 0.508 e. The zero-order chi connectivity index (χ0) is 12.0.